The molecule has 1 amide bonds. The van der Waals surface area contributed by atoms with Gasteiger partial charge in [-0.1, -0.05) is 0 Å². The number of piperazine rings is 2. The lowest BCUT2D eigenvalue weighted by Gasteiger charge is -2.36. The second-order valence-electron chi connectivity index (χ2n) is 7.25. The van der Waals surface area contributed by atoms with Crippen LogP contribution in [-0.4, -0.2) is 85.1 Å². The standard InChI is InChI=1S/C19H26N6OS/c1-15-13-17(23-6-4-22(2)5-7-23)21-19(20-15)25-10-8-24(9-11-25)18(26)16-3-12-27-14-16/h3,12-14H,4-11H2,1-2H3. The first kappa shape index (κ1) is 18.2. The van der Waals surface area contributed by atoms with E-state index >= 15 is 0 Å². The number of hydrogen-bond donors (Lipinski definition) is 0. The van der Waals surface area contributed by atoms with Crippen molar-refractivity contribution < 1.29 is 4.79 Å². The van der Waals surface area contributed by atoms with Crippen LogP contribution in [-0.2, 0) is 0 Å². The van der Waals surface area contributed by atoms with E-state index in [0.717, 1.165) is 62.3 Å². The third-order valence-electron chi connectivity index (χ3n) is 5.27. The minimum Gasteiger partial charge on any atom is -0.354 e. The van der Waals surface area contributed by atoms with Crippen molar-refractivity contribution in [1.82, 2.24) is 19.8 Å². The number of likely N-dealkylation sites (N-methyl/N-ethyl adjacent to an activating group) is 1. The molecule has 0 atom stereocenters. The van der Waals surface area contributed by atoms with Gasteiger partial charge in [0.15, 0.2) is 0 Å². The van der Waals surface area contributed by atoms with Crippen LogP contribution in [0.1, 0.15) is 16.1 Å². The van der Waals surface area contributed by atoms with E-state index in [2.05, 4.69) is 32.8 Å². The molecule has 27 heavy (non-hydrogen) atoms. The summed E-state index contributed by atoms with van der Waals surface area (Å²) in [6.07, 6.45) is 0. The molecule has 2 aliphatic heterocycles. The largest absolute Gasteiger partial charge is 0.354 e. The highest BCUT2D eigenvalue weighted by atomic mass is 32.1. The molecule has 144 valence electrons. The molecule has 4 heterocycles. The fraction of sp³-hybridized carbons (Fsp3) is 0.526. The zero-order chi connectivity index (χ0) is 18.8. The minimum atomic E-state index is 0.124. The maximum Gasteiger partial charge on any atom is 0.254 e. The lowest BCUT2D eigenvalue weighted by molar-refractivity contribution is 0.0747. The molecular formula is C19H26N6OS. The number of carbonyl (C=O) groups is 1. The Morgan fingerprint density at radius 3 is 2.37 bits per heavy atom. The Bertz CT molecular complexity index is 780. The highest BCUT2D eigenvalue weighted by Gasteiger charge is 2.25. The van der Waals surface area contributed by atoms with E-state index in [-0.39, 0.29) is 5.91 Å². The zero-order valence-corrected chi connectivity index (χ0v) is 16.8. The Morgan fingerprint density at radius 2 is 1.70 bits per heavy atom. The third kappa shape index (κ3) is 4.06. The first-order chi connectivity index (χ1) is 13.1. The van der Waals surface area contributed by atoms with Gasteiger partial charge in [-0.3, -0.25) is 4.79 Å². The van der Waals surface area contributed by atoms with Crippen molar-refractivity contribution in [2.75, 3.05) is 69.2 Å². The summed E-state index contributed by atoms with van der Waals surface area (Å²) < 4.78 is 0. The average Bonchev–Trinajstić information content (AvgIpc) is 3.22. The zero-order valence-electron chi connectivity index (χ0n) is 16.0. The Kier molecular flexibility index (Phi) is 5.27. The molecule has 0 unspecified atom stereocenters. The quantitative estimate of drug-likeness (QED) is 0.798. The second-order valence-corrected chi connectivity index (χ2v) is 8.03. The average molecular weight is 387 g/mol. The van der Waals surface area contributed by atoms with Gasteiger partial charge in [-0.05, 0) is 25.4 Å². The van der Waals surface area contributed by atoms with E-state index in [9.17, 15) is 4.79 Å². The van der Waals surface area contributed by atoms with Gasteiger partial charge in [0.1, 0.15) is 5.82 Å². The fourth-order valence-corrected chi connectivity index (χ4v) is 4.18. The van der Waals surface area contributed by atoms with Crippen LogP contribution in [0.4, 0.5) is 11.8 Å². The molecule has 2 saturated heterocycles. The van der Waals surface area contributed by atoms with Gasteiger partial charge >= 0.3 is 0 Å². The number of aryl methyl sites for hydroxylation is 1. The number of thiophene rings is 1. The molecule has 2 aliphatic rings. The number of anilines is 2. The smallest absolute Gasteiger partial charge is 0.254 e. The molecule has 0 aliphatic carbocycles. The van der Waals surface area contributed by atoms with Crippen molar-refractivity contribution in [1.29, 1.82) is 0 Å². The molecule has 0 saturated carbocycles. The molecule has 0 bridgehead atoms. The fourth-order valence-electron chi connectivity index (χ4n) is 3.55. The predicted molar refractivity (Wildman–Crippen MR) is 109 cm³/mol. The van der Waals surface area contributed by atoms with Crippen molar-refractivity contribution in [3.8, 4) is 0 Å². The Hall–Kier alpha value is -2.19. The Labute approximate surface area is 164 Å². The van der Waals surface area contributed by atoms with Crippen LogP contribution in [0, 0.1) is 6.92 Å². The van der Waals surface area contributed by atoms with Gasteiger partial charge in [0, 0.05) is 69.5 Å². The number of aromatic nitrogens is 2. The molecule has 0 spiro atoms. The highest BCUT2D eigenvalue weighted by Crippen LogP contribution is 2.20. The van der Waals surface area contributed by atoms with Crippen LogP contribution in [0.3, 0.4) is 0 Å². The molecular weight excluding hydrogens is 360 g/mol. The van der Waals surface area contributed by atoms with Gasteiger partial charge in [0.25, 0.3) is 5.91 Å². The highest BCUT2D eigenvalue weighted by molar-refractivity contribution is 7.08. The van der Waals surface area contributed by atoms with Crippen LogP contribution < -0.4 is 9.80 Å². The van der Waals surface area contributed by atoms with Crippen LogP contribution in [0.5, 0.6) is 0 Å². The van der Waals surface area contributed by atoms with E-state index < -0.39 is 0 Å². The summed E-state index contributed by atoms with van der Waals surface area (Å²) >= 11 is 1.56. The molecule has 0 aromatic carbocycles. The topological polar surface area (TPSA) is 55.8 Å². The Balaban J connectivity index is 1.43. The van der Waals surface area contributed by atoms with Crippen LogP contribution >= 0.6 is 11.3 Å². The predicted octanol–water partition coefficient (Wildman–Crippen LogP) is 1.56. The van der Waals surface area contributed by atoms with Crippen molar-refractivity contribution >= 4 is 29.0 Å². The number of hydrogen-bond acceptors (Lipinski definition) is 7. The van der Waals surface area contributed by atoms with Gasteiger partial charge in [-0.15, -0.1) is 0 Å². The number of rotatable bonds is 3. The van der Waals surface area contributed by atoms with E-state index in [1.165, 1.54) is 0 Å². The Morgan fingerprint density at radius 1 is 1.00 bits per heavy atom. The van der Waals surface area contributed by atoms with E-state index in [0.29, 0.717) is 13.1 Å². The van der Waals surface area contributed by atoms with Gasteiger partial charge in [-0.25, -0.2) is 4.98 Å². The lowest BCUT2D eigenvalue weighted by Crippen LogP contribution is -2.49. The van der Waals surface area contributed by atoms with E-state index in [4.69, 9.17) is 4.98 Å². The maximum absolute atomic E-state index is 12.5. The maximum atomic E-state index is 12.5. The van der Waals surface area contributed by atoms with Crippen molar-refractivity contribution in [2.45, 2.75) is 6.92 Å². The third-order valence-corrected chi connectivity index (χ3v) is 5.96. The molecule has 2 aromatic heterocycles. The molecule has 7 nitrogen and oxygen atoms in total. The minimum absolute atomic E-state index is 0.124. The molecule has 0 radical (unpaired) electrons. The summed E-state index contributed by atoms with van der Waals surface area (Å²) in [5, 5.41) is 3.87. The summed E-state index contributed by atoms with van der Waals surface area (Å²) in [6, 6.07) is 3.97. The van der Waals surface area contributed by atoms with E-state index in [1.807, 2.05) is 28.7 Å². The number of amides is 1. The number of carbonyl (C=O) groups excluding carboxylic acids is 1. The lowest BCUT2D eigenvalue weighted by atomic mass is 10.2. The van der Waals surface area contributed by atoms with Crippen LogP contribution in [0.25, 0.3) is 0 Å². The molecule has 2 fully saturated rings. The summed E-state index contributed by atoms with van der Waals surface area (Å²) in [7, 11) is 2.16. The normalized spacial score (nSPS) is 18.8. The van der Waals surface area contributed by atoms with Crippen molar-refractivity contribution in [3.05, 3.63) is 34.2 Å². The monoisotopic (exact) mass is 386 g/mol. The van der Waals surface area contributed by atoms with Crippen molar-refractivity contribution in [2.24, 2.45) is 0 Å². The summed E-state index contributed by atoms with van der Waals surface area (Å²) in [5.74, 6) is 1.92. The summed E-state index contributed by atoms with van der Waals surface area (Å²) in [5.41, 5.74) is 1.78. The first-order valence-corrected chi connectivity index (χ1v) is 10.4. The summed E-state index contributed by atoms with van der Waals surface area (Å²) in [6.45, 7) is 9.07. The molecule has 8 heteroatoms. The SMILES string of the molecule is Cc1cc(N2CCN(C)CC2)nc(N2CCN(C(=O)c3ccsc3)CC2)n1. The molecule has 0 N–H and O–H groups in total. The first-order valence-electron chi connectivity index (χ1n) is 9.46. The molecule has 4 rings (SSSR count). The van der Waals surface area contributed by atoms with Crippen molar-refractivity contribution in [3.63, 3.8) is 0 Å². The summed E-state index contributed by atoms with van der Waals surface area (Å²) in [4.78, 5) is 30.8. The second kappa shape index (κ2) is 7.82. The number of nitrogens with zero attached hydrogens (tertiary/aromatic N) is 6. The molecule has 2 aromatic rings. The van der Waals surface area contributed by atoms with Gasteiger partial charge in [0.05, 0.1) is 5.56 Å². The van der Waals surface area contributed by atoms with Gasteiger partial charge in [0.2, 0.25) is 5.95 Å². The van der Waals surface area contributed by atoms with E-state index in [1.54, 1.807) is 11.3 Å². The van der Waals surface area contributed by atoms with Crippen LogP contribution in [0.2, 0.25) is 0 Å². The van der Waals surface area contributed by atoms with Gasteiger partial charge in [-0.2, -0.15) is 16.3 Å². The van der Waals surface area contributed by atoms with Crippen LogP contribution in [0.15, 0.2) is 22.9 Å². The van der Waals surface area contributed by atoms with Gasteiger partial charge < -0.3 is 19.6 Å².